The average Bonchev–Trinajstić information content (AvgIpc) is 2.27. The first-order valence-electron chi connectivity index (χ1n) is 5.21. The number of amides is 1. The number of carbonyl (C=O) groups is 1. The summed E-state index contributed by atoms with van der Waals surface area (Å²) in [5, 5.41) is 11.7. The van der Waals surface area contributed by atoms with E-state index in [4.69, 9.17) is 5.26 Å². The lowest BCUT2D eigenvalue weighted by molar-refractivity contribution is -0.117. The fourth-order valence-corrected chi connectivity index (χ4v) is 1.64. The number of halogens is 1. The van der Waals surface area contributed by atoms with Crippen LogP contribution >= 0.6 is 15.9 Å². The van der Waals surface area contributed by atoms with E-state index in [-0.39, 0.29) is 17.5 Å². The van der Waals surface area contributed by atoms with Crippen LogP contribution in [0.4, 0.5) is 0 Å². The normalized spacial score (nSPS) is 11.1. The van der Waals surface area contributed by atoms with Crippen LogP contribution in [0.3, 0.4) is 0 Å². The molecule has 1 aromatic rings. The van der Waals surface area contributed by atoms with Crippen LogP contribution in [0, 0.1) is 11.3 Å². The summed E-state index contributed by atoms with van der Waals surface area (Å²) in [6.07, 6.45) is 1.57. The molecule has 0 aliphatic heterocycles. The maximum Gasteiger partial charge on any atom is 0.262 e. The molecule has 0 aromatic heterocycles. The van der Waals surface area contributed by atoms with Crippen molar-refractivity contribution in [1.82, 2.24) is 5.32 Å². The second kappa shape index (κ2) is 6.21. The highest BCUT2D eigenvalue weighted by Crippen LogP contribution is 2.18. The highest BCUT2D eigenvalue weighted by molar-refractivity contribution is 9.10. The van der Waals surface area contributed by atoms with Gasteiger partial charge in [-0.3, -0.25) is 4.79 Å². The lowest BCUT2D eigenvalue weighted by Gasteiger charge is -2.07. The molecular formula is C13H13BrN2O. The van der Waals surface area contributed by atoms with E-state index in [2.05, 4.69) is 21.2 Å². The van der Waals surface area contributed by atoms with Crippen LogP contribution in [0.25, 0.3) is 6.08 Å². The van der Waals surface area contributed by atoms with Crippen molar-refractivity contribution < 1.29 is 4.79 Å². The number of nitriles is 1. The standard InChI is InChI=1S/C13H13BrN2O/c1-9(2)16-13(17)11(8-15)7-10-5-3-4-6-12(10)14/h3-7,9H,1-2H3,(H,16,17). The molecule has 1 aromatic carbocycles. The molecule has 1 amide bonds. The van der Waals surface area contributed by atoms with E-state index in [1.165, 1.54) is 0 Å². The van der Waals surface area contributed by atoms with Gasteiger partial charge in [-0.25, -0.2) is 0 Å². The van der Waals surface area contributed by atoms with Crippen LogP contribution in [-0.2, 0) is 4.79 Å². The van der Waals surface area contributed by atoms with Crippen LogP contribution in [0.15, 0.2) is 34.3 Å². The van der Waals surface area contributed by atoms with Gasteiger partial charge in [0.2, 0.25) is 0 Å². The van der Waals surface area contributed by atoms with Crippen LogP contribution in [0.1, 0.15) is 19.4 Å². The summed E-state index contributed by atoms with van der Waals surface area (Å²) in [5.41, 5.74) is 0.911. The van der Waals surface area contributed by atoms with E-state index in [1.807, 2.05) is 44.2 Å². The first-order valence-corrected chi connectivity index (χ1v) is 6.01. The molecule has 0 fully saturated rings. The van der Waals surface area contributed by atoms with Crippen molar-refractivity contribution in [3.05, 3.63) is 39.9 Å². The summed E-state index contributed by atoms with van der Waals surface area (Å²) in [4.78, 5) is 11.7. The Labute approximate surface area is 109 Å². The van der Waals surface area contributed by atoms with E-state index in [1.54, 1.807) is 6.08 Å². The minimum absolute atomic E-state index is 0.0125. The number of hydrogen-bond donors (Lipinski definition) is 1. The molecule has 0 saturated heterocycles. The third kappa shape index (κ3) is 4.04. The van der Waals surface area contributed by atoms with Gasteiger partial charge < -0.3 is 5.32 Å². The number of benzene rings is 1. The van der Waals surface area contributed by atoms with Gasteiger partial charge >= 0.3 is 0 Å². The Balaban J connectivity index is 3.00. The van der Waals surface area contributed by atoms with Gasteiger partial charge in [0.15, 0.2) is 0 Å². The summed E-state index contributed by atoms with van der Waals surface area (Å²) >= 11 is 3.37. The molecule has 0 atom stereocenters. The molecular weight excluding hydrogens is 280 g/mol. The molecule has 0 saturated carbocycles. The molecule has 0 spiro atoms. The summed E-state index contributed by atoms with van der Waals surface area (Å²) in [6.45, 7) is 3.71. The fourth-order valence-electron chi connectivity index (χ4n) is 1.24. The molecule has 4 heteroatoms. The molecule has 3 nitrogen and oxygen atoms in total. The topological polar surface area (TPSA) is 52.9 Å². The van der Waals surface area contributed by atoms with Crippen LogP contribution in [0.5, 0.6) is 0 Å². The number of nitrogens with zero attached hydrogens (tertiary/aromatic N) is 1. The van der Waals surface area contributed by atoms with Gasteiger partial charge in [0.05, 0.1) is 0 Å². The minimum Gasteiger partial charge on any atom is -0.349 e. The molecule has 0 bridgehead atoms. The quantitative estimate of drug-likeness (QED) is 0.688. The molecule has 0 aliphatic carbocycles. The predicted octanol–water partition coefficient (Wildman–Crippen LogP) is 2.88. The van der Waals surface area contributed by atoms with Gasteiger partial charge in [-0.05, 0) is 31.6 Å². The van der Waals surface area contributed by atoms with Gasteiger partial charge in [0.25, 0.3) is 5.91 Å². The first kappa shape index (κ1) is 13.5. The molecule has 0 unspecified atom stereocenters. The van der Waals surface area contributed by atoms with E-state index in [0.717, 1.165) is 10.0 Å². The summed E-state index contributed by atoms with van der Waals surface area (Å²) in [5.74, 6) is -0.349. The van der Waals surface area contributed by atoms with Crippen molar-refractivity contribution in [2.75, 3.05) is 0 Å². The highest BCUT2D eigenvalue weighted by Gasteiger charge is 2.10. The van der Waals surface area contributed by atoms with Crippen molar-refractivity contribution in [1.29, 1.82) is 5.26 Å². The Morgan fingerprint density at radius 3 is 2.65 bits per heavy atom. The number of hydrogen-bond acceptors (Lipinski definition) is 2. The first-order chi connectivity index (χ1) is 8.04. The van der Waals surface area contributed by atoms with E-state index >= 15 is 0 Å². The van der Waals surface area contributed by atoms with Crippen molar-refractivity contribution in [3.63, 3.8) is 0 Å². The Morgan fingerprint density at radius 1 is 1.47 bits per heavy atom. The number of nitrogens with one attached hydrogen (secondary N) is 1. The average molecular weight is 293 g/mol. The van der Waals surface area contributed by atoms with Crippen LogP contribution in [0.2, 0.25) is 0 Å². The Kier molecular flexibility index (Phi) is 4.92. The molecule has 0 radical (unpaired) electrons. The van der Waals surface area contributed by atoms with Crippen LogP contribution < -0.4 is 5.32 Å². The van der Waals surface area contributed by atoms with E-state index in [9.17, 15) is 4.79 Å². The lowest BCUT2D eigenvalue weighted by atomic mass is 10.1. The van der Waals surface area contributed by atoms with Gasteiger partial charge in [0, 0.05) is 10.5 Å². The third-order valence-corrected chi connectivity index (χ3v) is 2.71. The second-order valence-electron chi connectivity index (χ2n) is 3.82. The lowest BCUT2D eigenvalue weighted by Crippen LogP contribution is -2.30. The van der Waals surface area contributed by atoms with Crippen molar-refractivity contribution in [3.8, 4) is 6.07 Å². The minimum atomic E-state index is -0.349. The van der Waals surface area contributed by atoms with Gasteiger partial charge in [-0.15, -0.1) is 0 Å². The van der Waals surface area contributed by atoms with Crippen LogP contribution in [-0.4, -0.2) is 11.9 Å². The van der Waals surface area contributed by atoms with Gasteiger partial charge in [-0.2, -0.15) is 5.26 Å². The predicted molar refractivity (Wildman–Crippen MR) is 71.0 cm³/mol. The summed E-state index contributed by atoms with van der Waals surface area (Å²) < 4.78 is 0.852. The zero-order chi connectivity index (χ0) is 12.8. The fraction of sp³-hybridized carbons (Fsp3) is 0.231. The summed E-state index contributed by atoms with van der Waals surface area (Å²) in [6, 6.07) is 9.35. The van der Waals surface area contributed by atoms with Crippen molar-refractivity contribution >= 4 is 27.9 Å². The van der Waals surface area contributed by atoms with E-state index < -0.39 is 0 Å². The number of rotatable bonds is 3. The summed E-state index contributed by atoms with van der Waals surface area (Å²) in [7, 11) is 0. The Bertz CT molecular complexity index is 486. The maximum atomic E-state index is 11.7. The van der Waals surface area contributed by atoms with Crippen molar-refractivity contribution in [2.45, 2.75) is 19.9 Å². The molecule has 1 rings (SSSR count). The second-order valence-corrected chi connectivity index (χ2v) is 4.67. The van der Waals surface area contributed by atoms with Gasteiger partial charge in [-0.1, -0.05) is 34.1 Å². The van der Waals surface area contributed by atoms with Crippen molar-refractivity contribution in [2.24, 2.45) is 0 Å². The molecule has 17 heavy (non-hydrogen) atoms. The maximum absolute atomic E-state index is 11.7. The molecule has 1 N–H and O–H groups in total. The smallest absolute Gasteiger partial charge is 0.262 e. The molecule has 88 valence electrons. The third-order valence-electron chi connectivity index (χ3n) is 1.99. The molecule has 0 heterocycles. The van der Waals surface area contributed by atoms with Gasteiger partial charge in [0.1, 0.15) is 11.6 Å². The molecule has 0 aliphatic rings. The SMILES string of the molecule is CC(C)NC(=O)C(C#N)=Cc1ccccc1Br. The zero-order valence-electron chi connectivity index (χ0n) is 9.70. The Morgan fingerprint density at radius 2 is 2.12 bits per heavy atom. The number of carbonyl (C=O) groups excluding carboxylic acids is 1. The largest absolute Gasteiger partial charge is 0.349 e. The van der Waals surface area contributed by atoms with E-state index in [0.29, 0.717) is 0 Å². The zero-order valence-corrected chi connectivity index (χ0v) is 11.3. The highest BCUT2D eigenvalue weighted by atomic mass is 79.9. The monoisotopic (exact) mass is 292 g/mol. The Hall–Kier alpha value is -1.60.